The summed E-state index contributed by atoms with van der Waals surface area (Å²) in [7, 11) is -1.05. The molecule has 10 nitrogen and oxygen atoms in total. The van der Waals surface area contributed by atoms with Crippen LogP contribution in [0.4, 0.5) is 8.78 Å². The molecule has 1 aromatic carbocycles. The van der Waals surface area contributed by atoms with Gasteiger partial charge in [-0.3, -0.25) is 9.79 Å². The highest BCUT2D eigenvalue weighted by Gasteiger charge is 2.42. The van der Waals surface area contributed by atoms with Gasteiger partial charge in [0.1, 0.15) is 6.04 Å². The van der Waals surface area contributed by atoms with Gasteiger partial charge in [-0.25, -0.2) is 31.3 Å². The molecule has 1 unspecified atom stereocenters. The second-order valence-corrected chi connectivity index (χ2v) is 15.2. The number of hydrogen-bond acceptors (Lipinski definition) is 10. The van der Waals surface area contributed by atoms with Crippen LogP contribution in [0.5, 0.6) is 0 Å². The third kappa shape index (κ3) is 6.93. The first-order chi connectivity index (χ1) is 21.4. The monoisotopic (exact) mass is 684 g/mol. The van der Waals surface area contributed by atoms with Gasteiger partial charge in [-0.2, -0.15) is 0 Å². The molecular weight excluding hydrogens is 650 g/mol. The van der Waals surface area contributed by atoms with E-state index in [9.17, 15) is 26.8 Å². The number of piperidine rings is 1. The van der Waals surface area contributed by atoms with Crippen LogP contribution in [-0.2, 0) is 29.1 Å². The number of carbonyl (C=O) groups excluding carboxylic acids is 2. The minimum atomic E-state index is -3.63. The Kier molecular flexibility index (Phi) is 9.97. The Morgan fingerprint density at radius 3 is 2.42 bits per heavy atom. The molecule has 0 radical (unpaired) electrons. The number of sulfonamides is 1. The largest absolute Gasteiger partial charge is 0.469 e. The highest BCUT2D eigenvalue weighted by atomic mass is 35.5. The van der Waals surface area contributed by atoms with E-state index in [0.717, 1.165) is 6.07 Å². The van der Waals surface area contributed by atoms with Crippen molar-refractivity contribution in [3.05, 3.63) is 62.2 Å². The Labute approximate surface area is 269 Å². The number of benzene rings is 1. The van der Waals surface area contributed by atoms with Crippen LogP contribution in [0.15, 0.2) is 40.0 Å². The van der Waals surface area contributed by atoms with E-state index >= 15 is 0 Å². The molecule has 1 aliphatic carbocycles. The number of rotatable bonds is 8. The Hall–Kier alpha value is -2.94. The summed E-state index contributed by atoms with van der Waals surface area (Å²) >= 11 is 7.55. The Morgan fingerprint density at radius 1 is 1.13 bits per heavy atom. The number of nitrogens with zero attached hydrogens (tertiary/aromatic N) is 3. The van der Waals surface area contributed by atoms with E-state index < -0.39 is 44.1 Å². The maximum absolute atomic E-state index is 14.6. The van der Waals surface area contributed by atoms with Crippen molar-refractivity contribution < 1.29 is 36.3 Å². The summed E-state index contributed by atoms with van der Waals surface area (Å²) in [5.74, 6) is -3.58. The first-order valence-electron chi connectivity index (χ1n) is 14.6. The highest BCUT2D eigenvalue weighted by Crippen LogP contribution is 2.43. The molecule has 3 heterocycles. The second-order valence-electron chi connectivity index (χ2n) is 12.0. The average Bonchev–Trinajstić information content (AvgIpc) is 3.58. The van der Waals surface area contributed by atoms with Crippen LogP contribution < -0.4 is 5.32 Å². The predicted octanol–water partition coefficient (Wildman–Crippen LogP) is 5.00. The van der Waals surface area contributed by atoms with Crippen LogP contribution in [0.1, 0.15) is 62.1 Å². The third-order valence-corrected chi connectivity index (χ3v) is 12.4. The van der Waals surface area contributed by atoms with Gasteiger partial charge in [-0.15, -0.1) is 11.3 Å². The number of carbonyl (C=O) groups is 2. The predicted molar refractivity (Wildman–Crippen MR) is 165 cm³/mol. The number of aliphatic imine (C=N–C) groups is 1. The van der Waals surface area contributed by atoms with Gasteiger partial charge >= 0.3 is 11.9 Å². The smallest absolute Gasteiger partial charge is 0.338 e. The molecule has 5 rings (SSSR count). The van der Waals surface area contributed by atoms with Crippen molar-refractivity contribution in [2.45, 2.75) is 51.5 Å². The van der Waals surface area contributed by atoms with E-state index in [4.69, 9.17) is 21.1 Å². The minimum Gasteiger partial charge on any atom is -0.469 e. The first kappa shape index (κ1) is 33.4. The molecule has 0 bridgehead atoms. The standard InChI is InChI=1S/C30H35ClF2N4O6S2/c1-30(10-6-18(7-11-30)28(38)42-2)16-45(40,41)37-13-8-17(9-14-37)24-21(29(39)43-3)25(19-4-5-20(32)23(33)22(19)31)36-26(35-24)27-34-12-15-44-27/h4-5,12,15,17-18,25H,6-11,13-14,16H2,1-3H3,(H,35,36). The number of aromatic nitrogens is 1. The van der Waals surface area contributed by atoms with Crippen molar-refractivity contribution in [3.8, 4) is 0 Å². The van der Waals surface area contributed by atoms with E-state index in [2.05, 4.69) is 15.3 Å². The van der Waals surface area contributed by atoms with E-state index in [-0.39, 0.29) is 47.8 Å². The zero-order valence-electron chi connectivity index (χ0n) is 25.1. The number of hydrogen-bond donors (Lipinski definition) is 1. The summed E-state index contributed by atoms with van der Waals surface area (Å²) in [6, 6.07) is 1.09. The molecule has 3 aliphatic rings. The Morgan fingerprint density at radius 2 is 1.82 bits per heavy atom. The number of allylic oxidation sites excluding steroid dienone is 1. The number of methoxy groups -OCH3 is 2. The van der Waals surface area contributed by atoms with Gasteiger partial charge in [0.05, 0.1) is 36.5 Å². The van der Waals surface area contributed by atoms with E-state index in [0.29, 0.717) is 55.1 Å². The molecule has 1 saturated carbocycles. The van der Waals surface area contributed by atoms with Crippen molar-refractivity contribution in [2.75, 3.05) is 33.1 Å². The van der Waals surface area contributed by atoms with Crippen molar-refractivity contribution in [3.63, 3.8) is 0 Å². The van der Waals surface area contributed by atoms with Gasteiger partial charge in [0.15, 0.2) is 22.5 Å². The van der Waals surface area contributed by atoms with Gasteiger partial charge < -0.3 is 14.8 Å². The molecule has 45 heavy (non-hydrogen) atoms. The SMILES string of the molecule is COC(=O)C1=C(C2CCN(S(=O)(=O)CC3(C)CCC(C(=O)OC)CC3)CC2)NC(c2nccs2)=NC1c1ccc(F)c(F)c1Cl. The summed E-state index contributed by atoms with van der Waals surface area (Å²) in [6.07, 6.45) is 4.74. The lowest BCUT2D eigenvalue weighted by Gasteiger charge is -2.39. The molecule has 2 aromatic rings. The zero-order chi connectivity index (χ0) is 32.5. The summed E-state index contributed by atoms with van der Waals surface area (Å²) < 4.78 is 67.3. The lowest BCUT2D eigenvalue weighted by Crippen LogP contribution is -2.46. The normalized spacial score (nSPS) is 25.0. The molecular formula is C30H35ClF2N4O6S2. The second kappa shape index (κ2) is 13.4. The maximum Gasteiger partial charge on any atom is 0.338 e. The van der Waals surface area contributed by atoms with Gasteiger partial charge in [0.2, 0.25) is 10.0 Å². The van der Waals surface area contributed by atoms with Gasteiger partial charge in [0, 0.05) is 41.8 Å². The van der Waals surface area contributed by atoms with Gasteiger partial charge in [-0.05, 0) is 50.0 Å². The van der Waals surface area contributed by atoms with Crippen LogP contribution in [0, 0.1) is 28.9 Å². The van der Waals surface area contributed by atoms with Crippen LogP contribution in [0.3, 0.4) is 0 Å². The highest BCUT2D eigenvalue weighted by molar-refractivity contribution is 7.89. The maximum atomic E-state index is 14.6. The van der Waals surface area contributed by atoms with E-state index in [1.165, 1.54) is 35.9 Å². The molecule has 244 valence electrons. The number of nitrogens with one attached hydrogen (secondary N) is 1. The Bertz CT molecular complexity index is 1620. The summed E-state index contributed by atoms with van der Waals surface area (Å²) in [5, 5.41) is 5.00. The van der Waals surface area contributed by atoms with Crippen molar-refractivity contribution in [2.24, 2.45) is 22.2 Å². The van der Waals surface area contributed by atoms with Crippen LogP contribution >= 0.6 is 22.9 Å². The van der Waals surface area contributed by atoms with Gasteiger partial charge in [-0.1, -0.05) is 24.6 Å². The van der Waals surface area contributed by atoms with Gasteiger partial charge in [0.25, 0.3) is 0 Å². The molecule has 1 saturated heterocycles. The fourth-order valence-electron chi connectivity index (χ4n) is 6.46. The Balaban J connectivity index is 1.40. The molecule has 1 aromatic heterocycles. The summed E-state index contributed by atoms with van der Waals surface area (Å²) in [5.41, 5.74) is 0.168. The first-order valence-corrected chi connectivity index (χ1v) is 17.5. The number of thiazole rings is 1. The van der Waals surface area contributed by atoms with Crippen LogP contribution in [0.25, 0.3) is 0 Å². The van der Waals surface area contributed by atoms with E-state index in [1.807, 2.05) is 6.92 Å². The molecule has 0 spiro atoms. The quantitative estimate of drug-likeness (QED) is 0.304. The molecule has 1 N–H and O–H groups in total. The third-order valence-electron chi connectivity index (χ3n) is 8.99. The van der Waals surface area contributed by atoms with Crippen LogP contribution in [-0.4, -0.2) is 68.5 Å². The fourth-order valence-corrected chi connectivity index (χ4v) is 9.43. The van der Waals surface area contributed by atoms with Crippen molar-refractivity contribution in [1.82, 2.24) is 14.6 Å². The van der Waals surface area contributed by atoms with Crippen molar-refractivity contribution in [1.29, 1.82) is 0 Å². The number of ether oxygens (including phenoxy) is 2. The molecule has 0 amide bonds. The summed E-state index contributed by atoms with van der Waals surface area (Å²) in [6.45, 7) is 2.38. The minimum absolute atomic E-state index is 0.0233. The summed E-state index contributed by atoms with van der Waals surface area (Å²) in [4.78, 5) is 34.2. The molecule has 15 heteroatoms. The average molecular weight is 685 g/mol. The molecule has 2 fully saturated rings. The lowest BCUT2D eigenvalue weighted by atomic mass is 9.73. The molecule has 2 aliphatic heterocycles. The number of esters is 2. The lowest BCUT2D eigenvalue weighted by molar-refractivity contribution is -0.147. The van der Waals surface area contributed by atoms with E-state index in [1.54, 1.807) is 11.6 Å². The van der Waals surface area contributed by atoms with Crippen molar-refractivity contribution >= 4 is 50.7 Å². The van der Waals surface area contributed by atoms with Crippen LogP contribution in [0.2, 0.25) is 5.02 Å². The topological polar surface area (TPSA) is 127 Å². The molecule has 1 atom stereocenters. The fraction of sp³-hybridized carbons (Fsp3) is 0.533. The number of amidine groups is 1. The number of halogens is 3. The zero-order valence-corrected chi connectivity index (χ0v) is 27.5.